The second-order valence-corrected chi connectivity index (χ2v) is 6.84. The summed E-state index contributed by atoms with van der Waals surface area (Å²) < 4.78 is 0. The van der Waals surface area contributed by atoms with Gasteiger partial charge in [0.25, 0.3) is 0 Å². The molecule has 0 atom stereocenters. The molecule has 0 amide bonds. The number of nitrogens with one attached hydrogen (secondary N) is 1. The maximum absolute atomic E-state index is 4.38. The van der Waals surface area contributed by atoms with Crippen LogP contribution < -0.4 is 0 Å². The van der Waals surface area contributed by atoms with E-state index in [1.54, 1.807) is 0 Å². The smallest absolute Gasteiger partial charge is 0.137 e. The van der Waals surface area contributed by atoms with Crippen LogP contribution in [0.5, 0.6) is 0 Å². The molecule has 1 N–H and O–H groups in total. The average molecular weight is 319 g/mol. The van der Waals surface area contributed by atoms with Crippen molar-refractivity contribution in [2.75, 3.05) is 13.1 Å². The van der Waals surface area contributed by atoms with Crippen LogP contribution in [-0.2, 0) is 6.54 Å². The zero-order valence-corrected chi connectivity index (χ0v) is 14.2. The monoisotopic (exact) mass is 319 g/mol. The molecule has 24 heavy (non-hydrogen) atoms. The second kappa shape index (κ2) is 7.18. The van der Waals surface area contributed by atoms with Crippen molar-refractivity contribution in [1.82, 2.24) is 14.9 Å². The van der Waals surface area contributed by atoms with E-state index in [1.165, 1.54) is 67.3 Å². The van der Waals surface area contributed by atoms with Gasteiger partial charge in [-0.25, -0.2) is 4.98 Å². The Kier molecular flexibility index (Phi) is 4.61. The van der Waals surface area contributed by atoms with Gasteiger partial charge in [-0.3, -0.25) is 4.90 Å². The fourth-order valence-corrected chi connectivity index (χ4v) is 3.73. The van der Waals surface area contributed by atoms with Gasteiger partial charge in [0.2, 0.25) is 0 Å². The first kappa shape index (κ1) is 15.4. The Bertz CT molecular complexity index is 780. The number of aromatic nitrogens is 2. The number of fused-ring (bicyclic) bond motifs is 1. The molecule has 1 saturated heterocycles. The zero-order valence-electron chi connectivity index (χ0n) is 14.2. The predicted octanol–water partition coefficient (Wildman–Crippen LogP) is 5.00. The van der Waals surface area contributed by atoms with Gasteiger partial charge in [0.1, 0.15) is 5.65 Å². The van der Waals surface area contributed by atoms with E-state index in [1.807, 2.05) is 12.4 Å². The fourth-order valence-electron chi connectivity index (χ4n) is 3.73. The maximum Gasteiger partial charge on any atom is 0.137 e. The molecule has 0 aliphatic carbocycles. The van der Waals surface area contributed by atoms with Crippen molar-refractivity contribution in [3.8, 4) is 11.1 Å². The minimum absolute atomic E-state index is 0.956. The molecular weight excluding hydrogens is 294 g/mol. The quantitative estimate of drug-likeness (QED) is 0.737. The van der Waals surface area contributed by atoms with Crippen molar-refractivity contribution < 1.29 is 0 Å². The third-order valence-corrected chi connectivity index (χ3v) is 5.08. The first-order valence-electron chi connectivity index (χ1n) is 9.14. The Morgan fingerprint density at radius 1 is 0.875 bits per heavy atom. The van der Waals surface area contributed by atoms with Crippen LogP contribution in [0.2, 0.25) is 0 Å². The van der Waals surface area contributed by atoms with Crippen LogP contribution in [0.25, 0.3) is 22.2 Å². The third kappa shape index (κ3) is 3.36. The van der Waals surface area contributed by atoms with Gasteiger partial charge < -0.3 is 4.98 Å². The van der Waals surface area contributed by atoms with Crippen molar-refractivity contribution in [1.29, 1.82) is 0 Å². The number of hydrogen-bond donors (Lipinski definition) is 1. The van der Waals surface area contributed by atoms with Gasteiger partial charge in [0.05, 0.1) is 0 Å². The Morgan fingerprint density at radius 3 is 2.42 bits per heavy atom. The number of likely N-dealkylation sites (tertiary alicyclic amines) is 1. The van der Waals surface area contributed by atoms with Crippen molar-refractivity contribution in [3.63, 3.8) is 0 Å². The number of H-pyrrole nitrogens is 1. The zero-order chi connectivity index (χ0) is 16.2. The largest absolute Gasteiger partial charge is 0.346 e. The maximum atomic E-state index is 4.38. The molecule has 0 unspecified atom stereocenters. The van der Waals surface area contributed by atoms with Crippen LogP contribution in [-0.4, -0.2) is 28.0 Å². The predicted molar refractivity (Wildman–Crippen MR) is 99.9 cm³/mol. The average Bonchev–Trinajstić information content (AvgIpc) is 3.06. The Labute approximate surface area is 143 Å². The van der Waals surface area contributed by atoms with Crippen LogP contribution >= 0.6 is 0 Å². The summed E-state index contributed by atoms with van der Waals surface area (Å²) >= 11 is 0. The lowest BCUT2D eigenvalue weighted by atomic mass is 10.0. The van der Waals surface area contributed by atoms with Crippen molar-refractivity contribution in [2.24, 2.45) is 0 Å². The molecule has 2 aromatic heterocycles. The van der Waals surface area contributed by atoms with Gasteiger partial charge in [0.15, 0.2) is 0 Å². The molecule has 0 bridgehead atoms. The number of pyridine rings is 1. The van der Waals surface area contributed by atoms with Crippen molar-refractivity contribution >= 4 is 11.0 Å². The summed E-state index contributed by atoms with van der Waals surface area (Å²) in [6.07, 6.45) is 10.7. The van der Waals surface area contributed by atoms with Crippen molar-refractivity contribution in [3.05, 3.63) is 54.4 Å². The first-order valence-corrected chi connectivity index (χ1v) is 9.14. The normalized spacial score (nSPS) is 16.8. The van der Waals surface area contributed by atoms with Gasteiger partial charge in [-0.1, -0.05) is 43.5 Å². The summed E-state index contributed by atoms with van der Waals surface area (Å²) in [5.41, 5.74) is 4.88. The molecule has 0 radical (unpaired) electrons. The number of rotatable bonds is 3. The fraction of sp³-hybridized carbons (Fsp3) is 0.381. The number of benzene rings is 1. The molecule has 4 rings (SSSR count). The van der Waals surface area contributed by atoms with Gasteiger partial charge in [-0.15, -0.1) is 0 Å². The SMILES string of the molecule is c1cc(-c2ccc(CN3CCCCCCC3)cc2)c2cc[nH]c2n1. The molecule has 3 heterocycles. The van der Waals surface area contributed by atoms with Gasteiger partial charge in [-0.2, -0.15) is 0 Å². The Balaban J connectivity index is 1.51. The highest BCUT2D eigenvalue weighted by atomic mass is 15.1. The number of hydrogen-bond acceptors (Lipinski definition) is 2. The summed E-state index contributed by atoms with van der Waals surface area (Å²) in [6.45, 7) is 3.57. The second-order valence-electron chi connectivity index (χ2n) is 6.84. The number of aromatic amines is 1. The van der Waals surface area contributed by atoms with E-state index < -0.39 is 0 Å². The molecule has 1 aromatic carbocycles. The van der Waals surface area contributed by atoms with Crippen LogP contribution in [0, 0.1) is 0 Å². The molecule has 124 valence electrons. The molecule has 1 aliphatic heterocycles. The lowest BCUT2D eigenvalue weighted by Crippen LogP contribution is -2.26. The minimum Gasteiger partial charge on any atom is -0.346 e. The highest BCUT2D eigenvalue weighted by Crippen LogP contribution is 2.27. The topological polar surface area (TPSA) is 31.9 Å². The summed E-state index contributed by atoms with van der Waals surface area (Å²) in [5.74, 6) is 0. The molecule has 3 aromatic rings. The molecule has 3 heteroatoms. The van der Waals surface area contributed by atoms with E-state index in [0.29, 0.717) is 0 Å². The van der Waals surface area contributed by atoms with E-state index in [0.717, 1.165) is 12.2 Å². The summed E-state index contributed by atoms with van der Waals surface area (Å²) in [7, 11) is 0. The van der Waals surface area contributed by atoms with Gasteiger partial charge >= 0.3 is 0 Å². The molecule has 1 fully saturated rings. The van der Waals surface area contributed by atoms with Crippen LogP contribution in [0.4, 0.5) is 0 Å². The van der Waals surface area contributed by atoms with Gasteiger partial charge in [0, 0.05) is 24.3 Å². The lowest BCUT2D eigenvalue weighted by Gasteiger charge is -2.24. The van der Waals surface area contributed by atoms with Crippen LogP contribution in [0.15, 0.2) is 48.8 Å². The standard InChI is InChI=1S/C21H25N3/c1-2-4-14-24(15-5-3-1)16-17-6-8-18(9-7-17)19-10-12-22-21-20(19)11-13-23-21/h6-13H,1-5,14-16H2,(H,22,23). The molecule has 3 nitrogen and oxygen atoms in total. The van der Waals surface area contributed by atoms with Crippen LogP contribution in [0.1, 0.15) is 37.7 Å². The summed E-state index contributed by atoms with van der Waals surface area (Å²) in [6, 6.07) is 13.3. The van der Waals surface area contributed by atoms with E-state index in [-0.39, 0.29) is 0 Å². The third-order valence-electron chi connectivity index (χ3n) is 5.08. The Hall–Kier alpha value is -2.13. The van der Waals surface area contributed by atoms with Gasteiger partial charge in [-0.05, 0) is 54.8 Å². The summed E-state index contributed by atoms with van der Waals surface area (Å²) in [4.78, 5) is 10.2. The Morgan fingerprint density at radius 2 is 1.62 bits per heavy atom. The molecule has 1 aliphatic rings. The molecule has 0 spiro atoms. The minimum atomic E-state index is 0.956. The van der Waals surface area contributed by atoms with E-state index in [2.05, 4.69) is 51.3 Å². The molecule has 0 saturated carbocycles. The lowest BCUT2D eigenvalue weighted by molar-refractivity contribution is 0.240. The highest BCUT2D eigenvalue weighted by Gasteiger charge is 2.09. The first-order chi connectivity index (χ1) is 11.9. The summed E-state index contributed by atoms with van der Waals surface area (Å²) in [5, 5.41) is 1.19. The van der Waals surface area contributed by atoms with E-state index in [4.69, 9.17) is 0 Å². The van der Waals surface area contributed by atoms with E-state index >= 15 is 0 Å². The van der Waals surface area contributed by atoms with Crippen molar-refractivity contribution in [2.45, 2.75) is 38.6 Å². The number of nitrogens with zero attached hydrogens (tertiary/aromatic N) is 2. The van der Waals surface area contributed by atoms with Crippen LogP contribution in [0.3, 0.4) is 0 Å². The highest BCUT2D eigenvalue weighted by molar-refractivity contribution is 5.92. The molecular formula is C21H25N3. The van der Waals surface area contributed by atoms with E-state index in [9.17, 15) is 0 Å².